The van der Waals surface area contributed by atoms with Crippen molar-refractivity contribution in [3.8, 4) is 6.07 Å². The molecule has 2 atom stereocenters. The highest BCUT2D eigenvalue weighted by Gasteiger charge is 2.34. The predicted molar refractivity (Wildman–Crippen MR) is 111 cm³/mol. The molecule has 1 aliphatic heterocycles. The van der Waals surface area contributed by atoms with Gasteiger partial charge < -0.3 is 10.2 Å². The summed E-state index contributed by atoms with van der Waals surface area (Å²) in [4.78, 5) is 27.1. The number of nitriles is 1. The minimum Gasteiger partial charge on any atom is -0.335 e. The number of hydrogen-bond donors (Lipinski definition) is 1. The number of hydrogen-bond acceptors (Lipinski definition) is 3. The Kier molecular flexibility index (Phi) is 6.71. The Bertz CT molecular complexity index is 911. The van der Waals surface area contributed by atoms with Gasteiger partial charge >= 0.3 is 0 Å². The molecule has 1 heterocycles. The van der Waals surface area contributed by atoms with Gasteiger partial charge in [-0.05, 0) is 48.2 Å². The molecule has 2 amide bonds. The Balaban J connectivity index is 1.67. The van der Waals surface area contributed by atoms with E-state index in [-0.39, 0.29) is 18.2 Å². The minimum atomic E-state index is -0.810. The van der Waals surface area contributed by atoms with Crippen LogP contribution >= 0.6 is 27.5 Å². The number of carbonyl (C=O) groups excluding carboxylic acids is 2. The maximum atomic E-state index is 12.8. The highest BCUT2D eigenvalue weighted by Crippen LogP contribution is 2.22. The van der Waals surface area contributed by atoms with Gasteiger partial charge in [0.15, 0.2) is 0 Å². The van der Waals surface area contributed by atoms with Crippen molar-refractivity contribution >= 4 is 39.3 Å². The second kappa shape index (κ2) is 9.22. The molecule has 144 valence electrons. The highest BCUT2D eigenvalue weighted by atomic mass is 79.9. The average Bonchev–Trinajstić information content (AvgIpc) is 3.18. The fraction of sp³-hybridized carbons (Fsp3) is 0.286. The molecule has 1 unspecified atom stereocenters. The van der Waals surface area contributed by atoms with Crippen molar-refractivity contribution < 1.29 is 9.59 Å². The number of amides is 2. The van der Waals surface area contributed by atoms with Gasteiger partial charge in [-0.3, -0.25) is 9.59 Å². The minimum absolute atomic E-state index is 0.0868. The van der Waals surface area contributed by atoms with E-state index >= 15 is 0 Å². The summed E-state index contributed by atoms with van der Waals surface area (Å²) >= 11 is 9.36. The third-order valence-electron chi connectivity index (χ3n) is 4.74. The molecule has 7 heteroatoms. The van der Waals surface area contributed by atoms with Crippen LogP contribution in [0.1, 0.15) is 30.0 Å². The maximum absolute atomic E-state index is 12.8. The van der Waals surface area contributed by atoms with Crippen LogP contribution in [-0.4, -0.2) is 29.3 Å². The van der Waals surface area contributed by atoms with Crippen molar-refractivity contribution in [1.29, 1.82) is 5.26 Å². The third-order valence-corrected chi connectivity index (χ3v) is 5.51. The lowest BCUT2D eigenvalue weighted by Gasteiger charge is -2.25. The van der Waals surface area contributed by atoms with Crippen molar-refractivity contribution in [2.75, 3.05) is 6.54 Å². The van der Waals surface area contributed by atoms with E-state index in [0.717, 1.165) is 16.5 Å². The first kappa shape index (κ1) is 20.4. The molecule has 1 fully saturated rings. The number of nitrogens with zero attached hydrogens (tertiary/aromatic N) is 2. The third kappa shape index (κ3) is 4.92. The molecule has 0 aromatic heterocycles. The normalized spacial score (nSPS) is 17.0. The van der Waals surface area contributed by atoms with Crippen LogP contribution in [0.15, 0.2) is 53.0 Å². The Labute approximate surface area is 177 Å². The van der Waals surface area contributed by atoms with Crippen LogP contribution in [0.25, 0.3) is 0 Å². The molecule has 1 N–H and O–H groups in total. The molecule has 2 aromatic rings. The van der Waals surface area contributed by atoms with Gasteiger partial charge in [-0.15, -0.1) is 0 Å². The van der Waals surface area contributed by atoms with Crippen molar-refractivity contribution in [3.05, 3.63) is 69.2 Å². The summed E-state index contributed by atoms with van der Waals surface area (Å²) in [6.07, 6.45) is 1.59. The first-order chi connectivity index (χ1) is 13.5. The predicted octanol–water partition coefficient (Wildman–Crippen LogP) is 4.02. The summed E-state index contributed by atoms with van der Waals surface area (Å²) in [7, 11) is 0. The summed E-state index contributed by atoms with van der Waals surface area (Å²) in [5.74, 6) is -0.399. The number of rotatable bonds is 5. The lowest BCUT2D eigenvalue weighted by atomic mass is 10.1. The maximum Gasteiger partial charge on any atom is 0.244 e. The summed E-state index contributed by atoms with van der Waals surface area (Å²) < 4.78 is 0.950. The number of likely N-dealkylation sites (tertiary alicyclic amines) is 1. The second-order valence-electron chi connectivity index (χ2n) is 6.67. The van der Waals surface area contributed by atoms with E-state index in [1.54, 1.807) is 29.2 Å². The average molecular weight is 461 g/mol. The Morgan fingerprint density at radius 3 is 2.71 bits per heavy atom. The molecule has 1 saturated heterocycles. The van der Waals surface area contributed by atoms with Crippen LogP contribution in [0.2, 0.25) is 5.02 Å². The van der Waals surface area contributed by atoms with Gasteiger partial charge in [0, 0.05) is 16.0 Å². The van der Waals surface area contributed by atoms with Gasteiger partial charge in [-0.2, -0.15) is 5.26 Å². The quantitative estimate of drug-likeness (QED) is 0.732. The zero-order valence-electron chi connectivity index (χ0n) is 15.1. The van der Waals surface area contributed by atoms with E-state index in [1.165, 1.54) is 0 Å². The molecular weight excluding hydrogens is 442 g/mol. The van der Waals surface area contributed by atoms with Gasteiger partial charge in [-0.1, -0.05) is 51.8 Å². The zero-order valence-corrected chi connectivity index (χ0v) is 17.4. The van der Waals surface area contributed by atoms with Crippen LogP contribution in [0.4, 0.5) is 0 Å². The number of halogens is 2. The van der Waals surface area contributed by atoms with Gasteiger partial charge in [-0.25, -0.2) is 0 Å². The Hall–Kier alpha value is -2.36. The Morgan fingerprint density at radius 1 is 1.29 bits per heavy atom. The largest absolute Gasteiger partial charge is 0.335 e. The first-order valence-electron chi connectivity index (χ1n) is 8.97. The molecule has 0 aliphatic carbocycles. The molecule has 0 radical (unpaired) electrons. The lowest BCUT2D eigenvalue weighted by molar-refractivity contribution is -0.138. The molecule has 2 aromatic carbocycles. The molecule has 0 bridgehead atoms. The van der Waals surface area contributed by atoms with Crippen molar-refractivity contribution in [1.82, 2.24) is 10.2 Å². The highest BCUT2D eigenvalue weighted by molar-refractivity contribution is 9.10. The van der Waals surface area contributed by atoms with E-state index in [2.05, 4.69) is 27.3 Å². The Morgan fingerprint density at radius 2 is 2.04 bits per heavy atom. The van der Waals surface area contributed by atoms with Crippen LogP contribution in [0.5, 0.6) is 0 Å². The monoisotopic (exact) mass is 459 g/mol. The van der Waals surface area contributed by atoms with Crippen molar-refractivity contribution in [2.45, 2.75) is 31.3 Å². The molecule has 0 saturated carbocycles. The molecule has 0 spiro atoms. The second-order valence-corrected chi connectivity index (χ2v) is 8.03. The van der Waals surface area contributed by atoms with Crippen molar-refractivity contribution in [3.63, 3.8) is 0 Å². The van der Waals surface area contributed by atoms with E-state index < -0.39 is 12.1 Å². The van der Waals surface area contributed by atoms with Crippen molar-refractivity contribution in [2.24, 2.45) is 0 Å². The lowest BCUT2D eigenvalue weighted by Crippen LogP contribution is -2.47. The van der Waals surface area contributed by atoms with Gasteiger partial charge in [0.25, 0.3) is 0 Å². The number of benzene rings is 2. The zero-order chi connectivity index (χ0) is 20.1. The summed E-state index contributed by atoms with van der Waals surface area (Å²) in [5.41, 5.74) is 1.52. The van der Waals surface area contributed by atoms with Gasteiger partial charge in [0.1, 0.15) is 12.1 Å². The van der Waals surface area contributed by atoms with Crippen LogP contribution in [-0.2, 0) is 16.0 Å². The van der Waals surface area contributed by atoms with Crippen LogP contribution in [0, 0.1) is 11.3 Å². The van der Waals surface area contributed by atoms with Gasteiger partial charge in [0.05, 0.1) is 12.5 Å². The molecular formula is C21H19BrClN3O2. The van der Waals surface area contributed by atoms with E-state index in [9.17, 15) is 14.9 Å². The fourth-order valence-corrected chi connectivity index (χ4v) is 3.79. The molecule has 3 rings (SSSR count). The first-order valence-corrected chi connectivity index (χ1v) is 10.1. The fourth-order valence-electron chi connectivity index (χ4n) is 3.33. The summed E-state index contributed by atoms with van der Waals surface area (Å²) in [6.45, 7) is 0.543. The van der Waals surface area contributed by atoms with Gasteiger partial charge in [0.2, 0.25) is 11.8 Å². The van der Waals surface area contributed by atoms with E-state index in [4.69, 9.17) is 11.6 Å². The molecule has 5 nitrogen and oxygen atoms in total. The van der Waals surface area contributed by atoms with Crippen LogP contribution < -0.4 is 5.32 Å². The molecule has 28 heavy (non-hydrogen) atoms. The summed E-state index contributed by atoms with van der Waals surface area (Å²) in [6, 6.07) is 15.1. The molecule has 1 aliphatic rings. The number of nitrogens with one attached hydrogen (secondary N) is 1. The van der Waals surface area contributed by atoms with E-state index in [0.29, 0.717) is 23.6 Å². The number of carbonyl (C=O) groups is 2. The van der Waals surface area contributed by atoms with E-state index in [1.807, 2.05) is 24.3 Å². The SMILES string of the molecule is N#CC(NC(=O)[C@@H]1CCCN1C(=O)Cc1ccc(Br)cc1)c1cccc(Cl)c1. The summed E-state index contributed by atoms with van der Waals surface area (Å²) in [5, 5.41) is 12.7. The van der Waals surface area contributed by atoms with Crippen LogP contribution in [0.3, 0.4) is 0 Å². The smallest absolute Gasteiger partial charge is 0.244 e. The topological polar surface area (TPSA) is 73.2 Å². The standard InChI is InChI=1S/C21H19BrClN3O2/c22-16-8-6-14(7-9-16)11-20(27)26-10-2-5-19(26)21(28)25-18(13-24)15-3-1-4-17(23)12-15/h1,3-4,6-9,12,18-19H,2,5,10-11H2,(H,25,28)/t18?,19-/m0/s1.